The topological polar surface area (TPSA) is 105 Å². The molecular weight excluding hydrogens is 702 g/mol. The molecule has 0 N–H and O–H groups in total. The Hall–Kier alpha value is -7.54. The van der Waals surface area contributed by atoms with E-state index in [1.807, 2.05) is 0 Å². The van der Waals surface area contributed by atoms with Crippen molar-refractivity contribution in [1.82, 2.24) is 9.13 Å². The number of fused-ring (bicyclic) bond motifs is 6. The molecule has 54 heavy (non-hydrogen) atoms. The van der Waals surface area contributed by atoms with Crippen LogP contribution in [0.4, 0.5) is 26.3 Å². The Balaban J connectivity index is 1.45. The summed E-state index contributed by atoms with van der Waals surface area (Å²) in [5.74, 6) is 0. The van der Waals surface area contributed by atoms with E-state index in [1.165, 1.54) is 36.4 Å². The Labute approximate surface area is 301 Å². The largest absolute Gasteiger partial charge is 0.417 e. The summed E-state index contributed by atoms with van der Waals surface area (Å²) in [4.78, 5) is 0. The molecule has 0 aliphatic carbocycles. The molecule has 0 saturated heterocycles. The summed E-state index contributed by atoms with van der Waals surface area (Å²) < 4.78 is 92.2. The van der Waals surface area contributed by atoms with Crippen molar-refractivity contribution in [2.45, 2.75) is 12.4 Å². The van der Waals surface area contributed by atoms with Crippen molar-refractivity contribution < 1.29 is 26.3 Å². The Bertz CT molecular complexity index is 2730. The molecule has 6 aromatic carbocycles. The number of benzene rings is 6. The number of nitriles is 4. The molecule has 0 amide bonds. The monoisotopic (exact) mass is 720 g/mol. The Morgan fingerprint density at radius 2 is 0.648 bits per heavy atom. The first-order chi connectivity index (χ1) is 25.8. The van der Waals surface area contributed by atoms with Crippen LogP contribution in [-0.4, -0.2) is 9.13 Å². The van der Waals surface area contributed by atoms with E-state index in [4.69, 9.17) is 0 Å². The summed E-state index contributed by atoms with van der Waals surface area (Å²) in [7, 11) is 0. The van der Waals surface area contributed by atoms with Crippen molar-refractivity contribution in [2.24, 2.45) is 0 Å². The summed E-state index contributed by atoms with van der Waals surface area (Å²) in [6.45, 7) is 0. The van der Waals surface area contributed by atoms with E-state index in [0.717, 1.165) is 24.3 Å². The molecule has 0 aliphatic heterocycles. The fourth-order valence-corrected chi connectivity index (χ4v) is 7.16. The molecule has 8 rings (SSSR count). The Morgan fingerprint density at radius 3 is 0.889 bits per heavy atom. The van der Waals surface area contributed by atoms with Crippen LogP contribution in [0.25, 0.3) is 66.1 Å². The maximum Gasteiger partial charge on any atom is 0.417 e. The maximum absolute atomic E-state index is 14.8. The van der Waals surface area contributed by atoms with E-state index in [2.05, 4.69) is 24.3 Å². The maximum atomic E-state index is 14.8. The second-order valence-corrected chi connectivity index (χ2v) is 12.5. The van der Waals surface area contributed by atoms with Crippen molar-refractivity contribution in [3.8, 4) is 46.8 Å². The fourth-order valence-electron chi connectivity index (χ4n) is 7.16. The summed E-state index contributed by atoms with van der Waals surface area (Å²) in [6.07, 6.45) is -10.1. The summed E-state index contributed by atoms with van der Waals surface area (Å²) >= 11 is 0. The van der Waals surface area contributed by atoms with Gasteiger partial charge in [-0.1, -0.05) is 0 Å². The van der Waals surface area contributed by atoms with Gasteiger partial charge in [-0.25, -0.2) is 0 Å². The van der Waals surface area contributed by atoms with Crippen LogP contribution in [0.3, 0.4) is 0 Å². The van der Waals surface area contributed by atoms with Crippen molar-refractivity contribution in [3.05, 3.63) is 143 Å². The highest BCUT2D eigenvalue weighted by Crippen LogP contribution is 2.46. The van der Waals surface area contributed by atoms with Crippen LogP contribution in [0.15, 0.2) is 109 Å². The van der Waals surface area contributed by atoms with Gasteiger partial charge < -0.3 is 9.13 Å². The highest BCUT2D eigenvalue weighted by molar-refractivity contribution is 6.11. The zero-order valence-corrected chi connectivity index (χ0v) is 27.3. The zero-order valence-electron chi connectivity index (χ0n) is 27.3. The van der Waals surface area contributed by atoms with Crippen LogP contribution in [-0.2, 0) is 12.4 Å². The number of hydrogen-bond acceptors (Lipinski definition) is 4. The molecule has 0 spiro atoms. The quantitative estimate of drug-likeness (QED) is 0.169. The molecule has 0 radical (unpaired) electrons. The molecule has 258 valence electrons. The molecule has 0 atom stereocenters. The fraction of sp³-hybridized carbons (Fsp3) is 0.0476. The third-order valence-electron chi connectivity index (χ3n) is 9.47. The average molecular weight is 721 g/mol. The van der Waals surface area contributed by atoms with Gasteiger partial charge in [-0.3, -0.25) is 0 Å². The minimum Gasteiger partial charge on any atom is -0.309 e. The van der Waals surface area contributed by atoms with E-state index in [0.29, 0.717) is 65.9 Å². The van der Waals surface area contributed by atoms with Gasteiger partial charge in [0.15, 0.2) is 0 Å². The molecule has 2 aromatic heterocycles. The van der Waals surface area contributed by atoms with E-state index in [1.54, 1.807) is 57.7 Å². The molecule has 6 nitrogen and oxygen atoms in total. The number of halogens is 6. The van der Waals surface area contributed by atoms with E-state index < -0.39 is 34.6 Å². The lowest BCUT2D eigenvalue weighted by molar-refractivity contribution is -0.139. The smallest absolute Gasteiger partial charge is 0.309 e. The van der Waals surface area contributed by atoms with E-state index in [9.17, 15) is 47.4 Å². The lowest BCUT2D eigenvalue weighted by atomic mass is 9.93. The first kappa shape index (κ1) is 33.6. The highest BCUT2D eigenvalue weighted by atomic mass is 19.4. The standard InChI is InChI=1S/C42H18F6N6/c43-41(44,45)35-7-5-27(53-37-9-1-23(19-49)13-31(37)32-14-24(20-50)2-10-38(32)53)17-29(35)30-18-28(6-8-36(30)42(46,47)48)54-39-11-3-25(21-51)15-33(39)34-16-26(22-52)4-12-40(34)54/h1-18H. The molecule has 2 heterocycles. The molecular formula is C42H18F6N6. The first-order valence-corrected chi connectivity index (χ1v) is 16.0. The Kier molecular flexibility index (Phi) is 7.48. The minimum atomic E-state index is -5.06. The lowest BCUT2D eigenvalue weighted by Gasteiger charge is -2.21. The highest BCUT2D eigenvalue weighted by Gasteiger charge is 2.39. The summed E-state index contributed by atoms with van der Waals surface area (Å²) in [5.41, 5.74) is -0.863. The first-order valence-electron chi connectivity index (χ1n) is 16.0. The molecule has 8 aromatic rings. The molecule has 0 unspecified atom stereocenters. The molecule has 0 bridgehead atoms. The van der Waals surface area contributed by atoms with Gasteiger partial charge >= 0.3 is 12.4 Å². The second-order valence-electron chi connectivity index (χ2n) is 12.5. The minimum absolute atomic E-state index is 0.107. The summed E-state index contributed by atoms with van der Waals surface area (Å²) in [5, 5.41) is 40.4. The van der Waals surface area contributed by atoms with Gasteiger partial charge in [0.05, 0.1) is 79.7 Å². The summed E-state index contributed by atoms with van der Waals surface area (Å²) in [6, 6.07) is 32.9. The molecule has 0 fully saturated rings. The van der Waals surface area contributed by atoms with Crippen molar-refractivity contribution >= 4 is 43.6 Å². The van der Waals surface area contributed by atoms with Gasteiger partial charge in [0.25, 0.3) is 0 Å². The van der Waals surface area contributed by atoms with Crippen LogP contribution in [0.2, 0.25) is 0 Å². The van der Waals surface area contributed by atoms with Crippen molar-refractivity contribution in [3.63, 3.8) is 0 Å². The predicted molar refractivity (Wildman–Crippen MR) is 189 cm³/mol. The van der Waals surface area contributed by atoms with Crippen LogP contribution >= 0.6 is 0 Å². The van der Waals surface area contributed by atoms with Crippen LogP contribution in [0.5, 0.6) is 0 Å². The number of nitrogens with zero attached hydrogens (tertiary/aromatic N) is 6. The van der Waals surface area contributed by atoms with Crippen molar-refractivity contribution in [1.29, 1.82) is 21.0 Å². The van der Waals surface area contributed by atoms with E-state index in [-0.39, 0.29) is 11.4 Å². The van der Waals surface area contributed by atoms with Gasteiger partial charge in [-0.2, -0.15) is 47.4 Å². The van der Waals surface area contributed by atoms with Crippen LogP contribution < -0.4 is 0 Å². The Morgan fingerprint density at radius 1 is 0.370 bits per heavy atom. The normalized spacial score (nSPS) is 11.8. The van der Waals surface area contributed by atoms with Gasteiger partial charge in [0, 0.05) is 32.9 Å². The number of alkyl halides is 6. The van der Waals surface area contributed by atoms with Gasteiger partial charge in [-0.15, -0.1) is 0 Å². The zero-order chi connectivity index (χ0) is 38.1. The van der Waals surface area contributed by atoms with Crippen LogP contribution in [0, 0.1) is 45.3 Å². The van der Waals surface area contributed by atoms with E-state index >= 15 is 0 Å². The van der Waals surface area contributed by atoms with Crippen LogP contribution in [0.1, 0.15) is 33.4 Å². The van der Waals surface area contributed by atoms with Gasteiger partial charge in [0.1, 0.15) is 0 Å². The predicted octanol–water partition coefficient (Wildman–Crippen LogP) is 11.1. The SMILES string of the molecule is N#Cc1ccc2c(c1)c1cc(C#N)ccc1n2-c1ccc(C(F)(F)F)c(-c2cc(-n3c4ccc(C#N)cc4c4cc(C#N)ccc43)ccc2C(F)(F)F)c1. The average Bonchev–Trinajstić information content (AvgIpc) is 3.67. The van der Waals surface area contributed by atoms with Gasteiger partial charge in [0.2, 0.25) is 0 Å². The third kappa shape index (κ3) is 5.25. The second kappa shape index (κ2) is 12.0. The van der Waals surface area contributed by atoms with Crippen molar-refractivity contribution in [2.75, 3.05) is 0 Å². The lowest BCUT2D eigenvalue weighted by Crippen LogP contribution is -2.12. The molecule has 12 heteroatoms. The molecule has 0 saturated carbocycles. The number of hydrogen-bond donors (Lipinski definition) is 0. The number of aromatic nitrogens is 2. The van der Waals surface area contributed by atoms with Gasteiger partial charge in [-0.05, 0) is 120 Å². The third-order valence-corrected chi connectivity index (χ3v) is 9.47. The number of rotatable bonds is 3. The molecule has 0 aliphatic rings.